The van der Waals surface area contributed by atoms with Crippen molar-refractivity contribution in [2.24, 2.45) is 0 Å². The quantitative estimate of drug-likeness (QED) is 0.934. The van der Waals surface area contributed by atoms with Crippen LogP contribution in [0.3, 0.4) is 0 Å². The fraction of sp³-hybridized carbons (Fsp3) is 0.214. The summed E-state index contributed by atoms with van der Waals surface area (Å²) >= 11 is 0. The largest absolute Gasteiger partial charge is 0.490 e. The molecule has 0 saturated carbocycles. The lowest BCUT2D eigenvalue weighted by atomic mass is 10.2. The molecule has 2 heterocycles. The summed E-state index contributed by atoms with van der Waals surface area (Å²) in [6, 6.07) is 9.87. The molecule has 1 N–H and O–H groups in total. The predicted octanol–water partition coefficient (Wildman–Crippen LogP) is 1.71. The molecular weight excluding hydrogens is 290 g/mol. The van der Waals surface area contributed by atoms with E-state index < -0.39 is 10.0 Å². The average molecular weight is 305 g/mol. The van der Waals surface area contributed by atoms with E-state index in [2.05, 4.69) is 9.71 Å². The third-order valence-electron chi connectivity index (χ3n) is 3.24. The molecule has 6 nitrogen and oxygen atoms in total. The third-order valence-corrected chi connectivity index (χ3v) is 4.59. The van der Waals surface area contributed by atoms with Crippen molar-refractivity contribution in [3.63, 3.8) is 0 Å². The Labute approximate surface area is 123 Å². The van der Waals surface area contributed by atoms with Crippen LogP contribution in [0.4, 0.5) is 11.5 Å². The number of hydrogen-bond acceptors (Lipinski definition) is 5. The molecule has 1 aliphatic heterocycles. The van der Waals surface area contributed by atoms with E-state index in [1.54, 1.807) is 30.3 Å². The Balaban J connectivity index is 1.94. The van der Waals surface area contributed by atoms with E-state index in [1.165, 1.54) is 12.3 Å². The van der Waals surface area contributed by atoms with Crippen LogP contribution in [0.2, 0.25) is 0 Å². The van der Waals surface area contributed by atoms with Gasteiger partial charge in [-0.05, 0) is 30.3 Å². The molecule has 0 unspecified atom stereocenters. The number of anilines is 2. The van der Waals surface area contributed by atoms with Crippen molar-refractivity contribution >= 4 is 21.5 Å². The molecule has 0 aliphatic carbocycles. The zero-order valence-electron chi connectivity index (χ0n) is 11.5. The Morgan fingerprint density at radius 2 is 2.14 bits per heavy atom. The van der Waals surface area contributed by atoms with Gasteiger partial charge in [-0.3, -0.25) is 4.72 Å². The molecule has 2 aromatic rings. The molecule has 0 fully saturated rings. The van der Waals surface area contributed by atoms with Crippen molar-refractivity contribution in [1.29, 1.82) is 0 Å². The second kappa shape index (κ2) is 5.25. The van der Waals surface area contributed by atoms with Gasteiger partial charge < -0.3 is 9.64 Å². The molecule has 0 radical (unpaired) electrons. The van der Waals surface area contributed by atoms with E-state index >= 15 is 0 Å². The molecule has 1 aliphatic rings. The maximum absolute atomic E-state index is 12.4. The monoisotopic (exact) mass is 305 g/mol. The first-order valence-corrected chi connectivity index (χ1v) is 7.96. The van der Waals surface area contributed by atoms with E-state index in [-0.39, 0.29) is 4.90 Å². The van der Waals surface area contributed by atoms with Gasteiger partial charge in [0.1, 0.15) is 18.2 Å². The molecule has 0 amide bonds. The van der Waals surface area contributed by atoms with Gasteiger partial charge in [0.15, 0.2) is 0 Å². The summed E-state index contributed by atoms with van der Waals surface area (Å²) in [4.78, 5) is 6.12. The minimum atomic E-state index is -3.66. The van der Waals surface area contributed by atoms with E-state index in [0.29, 0.717) is 18.2 Å². The van der Waals surface area contributed by atoms with Crippen molar-refractivity contribution < 1.29 is 13.2 Å². The van der Waals surface area contributed by atoms with Gasteiger partial charge in [-0.15, -0.1) is 0 Å². The minimum absolute atomic E-state index is 0.184. The second-order valence-corrected chi connectivity index (χ2v) is 6.40. The van der Waals surface area contributed by atoms with Crippen molar-refractivity contribution in [3.8, 4) is 5.75 Å². The Hall–Kier alpha value is -2.28. The maximum Gasteiger partial charge on any atom is 0.263 e. The maximum atomic E-state index is 12.4. The fourth-order valence-electron chi connectivity index (χ4n) is 2.12. The van der Waals surface area contributed by atoms with Crippen molar-refractivity contribution in [2.75, 3.05) is 29.8 Å². The average Bonchev–Trinajstić information content (AvgIpc) is 2.48. The summed E-state index contributed by atoms with van der Waals surface area (Å²) in [5.41, 5.74) is 0.769. The summed E-state index contributed by atoms with van der Waals surface area (Å²) in [7, 11) is -1.76. The first-order valence-electron chi connectivity index (χ1n) is 6.48. The van der Waals surface area contributed by atoms with Gasteiger partial charge in [0.25, 0.3) is 10.0 Å². The number of hydrogen-bond donors (Lipinski definition) is 1. The number of benzene rings is 1. The third kappa shape index (κ3) is 2.78. The van der Waals surface area contributed by atoms with Gasteiger partial charge in [-0.2, -0.15) is 0 Å². The molecule has 110 valence electrons. The van der Waals surface area contributed by atoms with Crippen LogP contribution in [0.5, 0.6) is 5.75 Å². The van der Waals surface area contributed by atoms with Crippen LogP contribution in [-0.2, 0) is 10.0 Å². The number of sulfonamides is 1. The van der Waals surface area contributed by atoms with Crippen molar-refractivity contribution in [3.05, 3.63) is 42.6 Å². The highest BCUT2D eigenvalue weighted by Gasteiger charge is 2.21. The molecule has 0 bridgehead atoms. The number of nitrogens with zero attached hydrogens (tertiary/aromatic N) is 2. The van der Waals surface area contributed by atoms with E-state index in [4.69, 9.17) is 4.74 Å². The van der Waals surface area contributed by atoms with Gasteiger partial charge in [0, 0.05) is 13.2 Å². The zero-order chi connectivity index (χ0) is 14.9. The number of ether oxygens (including phenoxy) is 1. The van der Waals surface area contributed by atoms with Crippen LogP contribution in [0.15, 0.2) is 47.5 Å². The van der Waals surface area contributed by atoms with E-state index in [1.807, 2.05) is 11.9 Å². The van der Waals surface area contributed by atoms with Gasteiger partial charge in [-0.25, -0.2) is 13.4 Å². The Kier molecular flexibility index (Phi) is 3.42. The van der Waals surface area contributed by atoms with Crippen LogP contribution in [-0.4, -0.2) is 33.6 Å². The topological polar surface area (TPSA) is 71.5 Å². The number of pyridine rings is 1. The number of nitrogens with one attached hydrogen (secondary N) is 1. The molecule has 1 aromatic heterocycles. The number of aromatic nitrogens is 1. The van der Waals surface area contributed by atoms with E-state index in [9.17, 15) is 8.42 Å². The lowest BCUT2D eigenvalue weighted by molar-refractivity contribution is 0.311. The molecule has 7 heteroatoms. The van der Waals surface area contributed by atoms with Gasteiger partial charge in [-0.1, -0.05) is 6.07 Å². The molecule has 21 heavy (non-hydrogen) atoms. The van der Waals surface area contributed by atoms with Gasteiger partial charge in [0.2, 0.25) is 0 Å². The highest BCUT2D eigenvalue weighted by Crippen LogP contribution is 2.33. The van der Waals surface area contributed by atoms with Gasteiger partial charge in [0.05, 0.1) is 17.1 Å². The highest BCUT2D eigenvalue weighted by atomic mass is 32.2. The first-order chi connectivity index (χ1) is 10.1. The summed E-state index contributed by atoms with van der Waals surface area (Å²) < 4.78 is 32.7. The summed E-state index contributed by atoms with van der Waals surface area (Å²) in [5.74, 6) is 0.986. The summed E-state index contributed by atoms with van der Waals surface area (Å²) in [5, 5.41) is 0. The van der Waals surface area contributed by atoms with Gasteiger partial charge >= 0.3 is 0 Å². The Morgan fingerprint density at radius 1 is 1.29 bits per heavy atom. The van der Waals surface area contributed by atoms with Crippen LogP contribution >= 0.6 is 0 Å². The first kappa shape index (κ1) is 13.7. The molecule has 3 rings (SSSR count). The van der Waals surface area contributed by atoms with Crippen LogP contribution < -0.4 is 14.4 Å². The zero-order valence-corrected chi connectivity index (χ0v) is 12.3. The number of fused-ring (bicyclic) bond motifs is 1. The summed E-state index contributed by atoms with van der Waals surface area (Å²) in [6.07, 6.45) is 1.53. The smallest absolute Gasteiger partial charge is 0.263 e. The van der Waals surface area contributed by atoms with Crippen molar-refractivity contribution in [1.82, 2.24) is 4.98 Å². The molecule has 0 saturated heterocycles. The molecule has 0 atom stereocenters. The van der Waals surface area contributed by atoms with Crippen LogP contribution in [0.25, 0.3) is 0 Å². The Bertz CT molecular complexity index is 747. The highest BCUT2D eigenvalue weighted by molar-refractivity contribution is 7.92. The Morgan fingerprint density at radius 3 is 2.90 bits per heavy atom. The predicted molar refractivity (Wildman–Crippen MR) is 80.3 cm³/mol. The van der Waals surface area contributed by atoms with Crippen LogP contribution in [0, 0.1) is 0 Å². The standard InChI is InChI=1S/C14H15N3O3S/c1-17-8-9-20-13-6-5-11(10-12(13)17)21(18,19)16-14-4-2-3-7-15-14/h2-7,10H,8-9H2,1H3,(H,15,16). The molecule has 1 aromatic carbocycles. The van der Waals surface area contributed by atoms with E-state index in [0.717, 1.165) is 12.2 Å². The lowest BCUT2D eigenvalue weighted by Crippen LogP contribution is -2.29. The lowest BCUT2D eigenvalue weighted by Gasteiger charge is -2.28. The van der Waals surface area contributed by atoms with Crippen LogP contribution in [0.1, 0.15) is 0 Å². The number of likely N-dealkylation sites (N-methyl/N-ethyl adjacent to an activating group) is 1. The molecule has 0 spiro atoms. The molecular formula is C14H15N3O3S. The van der Waals surface area contributed by atoms with Crippen molar-refractivity contribution in [2.45, 2.75) is 4.90 Å². The SMILES string of the molecule is CN1CCOc2ccc(S(=O)(=O)Nc3ccccn3)cc21. The number of rotatable bonds is 3. The fourth-order valence-corrected chi connectivity index (χ4v) is 3.15. The summed E-state index contributed by atoms with van der Waals surface area (Å²) in [6.45, 7) is 1.33. The minimum Gasteiger partial charge on any atom is -0.490 e. The normalized spacial score (nSPS) is 14.2. The second-order valence-electron chi connectivity index (χ2n) is 4.72.